The highest BCUT2D eigenvalue weighted by atomic mass is 16.1. The van der Waals surface area contributed by atoms with E-state index in [-0.39, 0.29) is 5.91 Å². The molecule has 1 aromatic heterocycles. The van der Waals surface area contributed by atoms with Crippen molar-refractivity contribution < 1.29 is 4.79 Å². The summed E-state index contributed by atoms with van der Waals surface area (Å²) in [6.45, 7) is 6.57. The van der Waals surface area contributed by atoms with Gasteiger partial charge in [0.2, 0.25) is 0 Å². The zero-order chi connectivity index (χ0) is 17.9. The Morgan fingerprint density at radius 3 is 2.68 bits per heavy atom. The van der Waals surface area contributed by atoms with Crippen LogP contribution in [0.5, 0.6) is 0 Å². The van der Waals surface area contributed by atoms with E-state index in [1.54, 1.807) is 24.5 Å². The summed E-state index contributed by atoms with van der Waals surface area (Å²) in [6.07, 6.45) is 3.20. The molecular weight excluding hydrogens is 314 g/mol. The summed E-state index contributed by atoms with van der Waals surface area (Å²) in [5.74, 6) is 0.608. The second-order valence-electron chi connectivity index (χ2n) is 5.61. The molecule has 0 atom stereocenters. The average molecular weight is 339 g/mol. The van der Waals surface area contributed by atoms with Gasteiger partial charge in [0, 0.05) is 32.0 Å². The van der Waals surface area contributed by atoms with E-state index < -0.39 is 0 Å². The van der Waals surface area contributed by atoms with Crippen LogP contribution in [0.15, 0.2) is 53.8 Å². The summed E-state index contributed by atoms with van der Waals surface area (Å²) in [7, 11) is 0. The maximum atomic E-state index is 11.9. The van der Waals surface area contributed by atoms with Gasteiger partial charge in [-0.3, -0.25) is 9.78 Å². The van der Waals surface area contributed by atoms with Gasteiger partial charge in [-0.15, -0.1) is 0 Å². The Balaban J connectivity index is 1.79. The monoisotopic (exact) mass is 339 g/mol. The molecule has 0 radical (unpaired) electrons. The summed E-state index contributed by atoms with van der Waals surface area (Å²) < 4.78 is 0. The average Bonchev–Trinajstić information content (AvgIpc) is 2.63. The number of aryl methyl sites for hydroxylation is 1. The zero-order valence-corrected chi connectivity index (χ0v) is 14.7. The van der Waals surface area contributed by atoms with E-state index in [0.29, 0.717) is 25.2 Å². The number of carbonyl (C=O) groups is 1. The first-order valence-electron chi connectivity index (χ1n) is 8.45. The molecule has 0 fully saturated rings. The summed E-state index contributed by atoms with van der Waals surface area (Å²) >= 11 is 0. The van der Waals surface area contributed by atoms with Crippen molar-refractivity contribution in [2.45, 2.75) is 20.4 Å². The Morgan fingerprint density at radius 2 is 1.96 bits per heavy atom. The van der Waals surface area contributed by atoms with Gasteiger partial charge in [-0.1, -0.05) is 29.8 Å². The molecular formula is C19H25N5O. The largest absolute Gasteiger partial charge is 0.357 e. The fourth-order valence-electron chi connectivity index (χ4n) is 2.28. The van der Waals surface area contributed by atoms with Gasteiger partial charge in [-0.25, -0.2) is 4.99 Å². The lowest BCUT2D eigenvalue weighted by Gasteiger charge is -2.12. The third-order valence-corrected chi connectivity index (χ3v) is 3.47. The summed E-state index contributed by atoms with van der Waals surface area (Å²) in [5, 5.41) is 9.28. The Hall–Kier alpha value is -2.89. The third kappa shape index (κ3) is 6.63. The number of guanidine groups is 1. The Morgan fingerprint density at radius 1 is 1.12 bits per heavy atom. The third-order valence-electron chi connectivity index (χ3n) is 3.47. The summed E-state index contributed by atoms with van der Waals surface area (Å²) in [6, 6.07) is 11.8. The van der Waals surface area contributed by atoms with Crippen LogP contribution in [-0.4, -0.2) is 36.5 Å². The van der Waals surface area contributed by atoms with Crippen molar-refractivity contribution in [1.82, 2.24) is 20.9 Å². The molecule has 0 saturated carbocycles. The van der Waals surface area contributed by atoms with E-state index in [9.17, 15) is 4.79 Å². The van der Waals surface area contributed by atoms with Crippen LogP contribution >= 0.6 is 0 Å². The second-order valence-corrected chi connectivity index (χ2v) is 5.61. The topological polar surface area (TPSA) is 78.4 Å². The molecule has 3 N–H and O–H groups in total. The minimum Gasteiger partial charge on any atom is -0.357 e. The summed E-state index contributed by atoms with van der Waals surface area (Å²) in [5.41, 5.74) is 2.95. The number of hydrogen-bond acceptors (Lipinski definition) is 3. The molecule has 0 aliphatic heterocycles. The molecule has 25 heavy (non-hydrogen) atoms. The van der Waals surface area contributed by atoms with Gasteiger partial charge in [0.1, 0.15) is 0 Å². The number of aliphatic imine (C=N–C) groups is 1. The first-order chi connectivity index (χ1) is 12.2. The molecule has 0 bridgehead atoms. The Kier molecular flexibility index (Phi) is 7.43. The molecule has 6 nitrogen and oxygen atoms in total. The minimum absolute atomic E-state index is 0.128. The Bertz CT molecular complexity index is 700. The number of hydrogen-bond donors (Lipinski definition) is 3. The van der Waals surface area contributed by atoms with Crippen molar-refractivity contribution in [1.29, 1.82) is 0 Å². The van der Waals surface area contributed by atoms with E-state index in [0.717, 1.165) is 12.5 Å². The number of rotatable bonds is 7. The van der Waals surface area contributed by atoms with Crippen LogP contribution in [0.4, 0.5) is 0 Å². The molecule has 0 unspecified atom stereocenters. The molecule has 2 rings (SSSR count). The first-order valence-corrected chi connectivity index (χ1v) is 8.45. The van der Waals surface area contributed by atoms with Crippen LogP contribution < -0.4 is 16.0 Å². The van der Waals surface area contributed by atoms with E-state index in [2.05, 4.69) is 51.0 Å². The molecule has 132 valence electrons. The predicted molar refractivity (Wildman–Crippen MR) is 101 cm³/mol. The molecule has 1 aromatic carbocycles. The van der Waals surface area contributed by atoms with Crippen LogP contribution in [0.2, 0.25) is 0 Å². The van der Waals surface area contributed by atoms with E-state index >= 15 is 0 Å². The smallest absolute Gasteiger partial charge is 0.252 e. The standard InChI is InChI=1S/C19H25N5O/c1-3-21-19(24-13-16-7-4-6-15(2)12-16)23-11-10-22-18(25)17-8-5-9-20-14-17/h4-9,12,14H,3,10-11,13H2,1-2H3,(H,22,25)(H2,21,23,24). The van der Waals surface area contributed by atoms with Crippen molar-refractivity contribution in [3.8, 4) is 0 Å². The molecule has 1 heterocycles. The number of amides is 1. The Labute approximate surface area is 148 Å². The van der Waals surface area contributed by atoms with Crippen LogP contribution in [0.1, 0.15) is 28.4 Å². The SMILES string of the molecule is CCNC(=NCc1cccc(C)c1)NCCNC(=O)c1cccnc1. The first kappa shape index (κ1) is 18.4. The van der Waals surface area contributed by atoms with Crippen LogP contribution in [0, 0.1) is 6.92 Å². The van der Waals surface area contributed by atoms with Gasteiger partial charge in [-0.2, -0.15) is 0 Å². The van der Waals surface area contributed by atoms with Crippen LogP contribution in [0.3, 0.4) is 0 Å². The van der Waals surface area contributed by atoms with Crippen molar-refractivity contribution >= 4 is 11.9 Å². The van der Waals surface area contributed by atoms with E-state index in [1.165, 1.54) is 11.1 Å². The molecule has 1 amide bonds. The van der Waals surface area contributed by atoms with Gasteiger partial charge < -0.3 is 16.0 Å². The van der Waals surface area contributed by atoms with Gasteiger partial charge in [0.25, 0.3) is 5.91 Å². The van der Waals surface area contributed by atoms with Gasteiger partial charge in [0.15, 0.2) is 5.96 Å². The highest BCUT2D eigenvalue weighted by molar-refractivity contribution is 5.93. The maximum Gasteiger partial charge on any atom is 0.252 e. The highest BCUT2D eigenvalue weighted by Crippen LogP contribution is 2.04. The number of nitrogens with zero attached hydrogens (tertiary/aromatic N) is 2. The van der Waals surface area contributed by atoms with Crippen molar-refractivity contribution in [2.24, 2.45) is 4.99 Å². The number of nitrogens with one attached hydrogen (secondary N) is 3. The van der Waals surface area contributed by atoms with Gasteiger partial charge >= 0.3 is 0 Å². The highest BCUT2D eigenvalue weighted by Gasteiger charge is 2.04. The lowest BCUT2D eigenvalue weighted by atomic mass is 10.1. The van der Waals surface area contributed by atoms with E-state index in [4.69, 9.17) is 0 Å². The van der Waals surface area contributed by atoms with Crippen LogP contribution in [-0.2, 0) is 6.54 Å². The zero-order valence-electron chi connectivity index (χ0n) is 14.7. The van der Waals surface area contributed by atoms with Gasteiger partial charge in [-0.05, 0) is 31.5 Å². The summed E-state index contributed by atoms with van der Waals surface area (Å²) in [4.78, 5) is 20.4. The second kappa shape index (κ2) is 10.1. The van der Waals surface area contributed by atoms with Crippen molar-refractivity contribution in [2.75, 3.05) is 19.6 Å². The van der Waals surface area contributed by atoms with E-state index in [1.807, 2.05) is 13.0 Å². The maximum absolute atomic E-state index is 11.9. The molecule has 6 heteroatoms. The van der Waals surface area contributed by atoms with Crippen LogP contribution in [0.25, 0.3) is 0 Å². The minimum atomic E-state index is -0.128. The quantitative estimate of drug-likeness (QED) is 0.409. The molecule has 2 aromatic rings. The molecule has 0 spiro atoms. The molecule has 0 aliphatic rings. The van der Waals surface area contributed by atoms with Gasteiger partial charge in [0.05, 0.1) is 12.1 Å². The lowest BCUT2D eigenvalue weighted by Crippen LogP contribution is -2.41. The number of carbonyl (C=O) groups excluding carboxylic acids is 1. The normalized spacial score (nSPS) is 11.0. The number of aromatic nitrogens is 1. The molecule has 0 aliphatic carbocycles. The number of pyridine rings is 1. The van der Waals surface area contributed by atoms with Crippen molar-refractivity contribution in [3.05, 3.63) is 65.5 Å². The fraction of sp³-hybridized carbons (Fsp3) is 0.316. The molecule has 0 saturated heterocycles. The number of benzene rings is 1. The van der Waals surface area contributed by atoms with Crippen molar-refractivity contribution in [3.63, 3.8) is 0 Å². The predicted octanol–water partition coefficient (Wildman–Crippen LogP) is 1.88. The fourth-order valence-corrected chi connectivity index (χ4v) is 2.28. The lowest BCUT2D eigenvalue weighted by molar-refractivity contribution is 0.0954.